The molecular formula is C30H26FN3O. The largest absolute Gasteiger partial charge is 0.345 e. The number of carbonyl (C=O) groups excluding carboxylic acids is 1. The van der Waals surface area contributed by atoms with Gasteiger partial charge < -0.3 is 9.72 Å². The predicted octanol–water partition coefficient (Wildman–Crippen LogP) is 6.21. The highest BCUT2D eigenvalue weighted by molar-refractivity contribution is 5.78. The SMILES string of the molecule is Cc1cccc2ncc(C(CC(=O)NC(c3ccccc3)c3ccccc3)c3cccc(F)c3)n12. The van der Waals surface area contributed by atoms with E-state index in [-0.39, 0.29) is 30.1 Å². The first-order valence-corrected chi connectivity index (χ1v) is 11.7. The minimum absolute atomic E-state index is 0.125. The van der Waals surface area contributed by atoms with E-state index in [2.05, 4.69) is 10.3 Å². The number of hydrogen-bond acceptors (Lipinski definition) is 2. The average molecular weight is 464 g/mol. The molecule has 0 saturated heterocycles. The Bertz CT molecular complexity index is 1410. The Kier molecular flexibility index (Phi) is 6.40. The molecule has 0 spiro atoms. The van der Waals surface area contributed by atoms with E-state index in [1.807, 2.05) is 96.3 Å². The van der Waals surface area contributed by atoms with Crippen LogP contribution in [0.5, 0.6) is 0 Å². The van der Waals surface area contributed by atoms with Crippen molar-refractivity contribution in [2.24, 2.45) is 0 Å². The summed E-state index contributed by atoms with van der Waals surface area (Å²) in [6, 6.07) is 31.9. The summed E-state index contributed by atoms with van der Waals surface area (Å²) in [4.78, 5) is 18.1. The van der Waals surface area contributed by atoms with Gasteiger partial charge in [0.1, 0.15) is 11.5 Å². The molecule has 1 unspecified atom stereocenters. The van der Waals surface area contributed by atoms with Gasteiger partial charge in [-0.15, -0.1) is 0 Å². The van der Waals surface area contributed by atoms with E-state index in [0.29, 0.717) is 0 Å². The Labute approximate surface area is 204 Å². The zero-order chi connectivity index (χ0) is 24.2. The Morgan fingerprint density at radius 3 is 2.14 bits per heavy atom. The summed E-state index contributed by atoms with van der Waals surface area (Å²) in [5, 5.41) is 3.23. The van der Waals surface area contributed by atoms with E-state index < -0.39 is 0 Å². The molecule has 0 saturated carbocycles. The van der Waals surface area contributed by atoms with E-state index >= 15 is 0 Å². The first-order valence-electron chi connectivity index (χ1n) is 11.7. The van der Waals surface area contributed by atoms with Gasteiger partial charge in [0, 0.05) is 24.2 Å². The van der Waals surface area contributed by atoms with Crippen LogP contribution in [0.1, 0.15) is 46.5 Å². The normalized spacial score (nSPS) is 12.1. The molecule has 3 aromatic carbocycles. The predicted molar refractivity (Wildman–Crippen MR) is 136 cm³/mol. The number of aryl methyl sites for hydroxylation is 1. The highest BCUT2D eigenvalue weighted by Gasteiger charge is 2.25. The van der Waals surface area contributed by atoms with Crippen LogP contribution in [0, 0.1) is 12.7 Å². The van der Waals surface area contributed by atoms with Crippen molar-refractivity contribution in [3.63, 3.8) is 0 Å². The minimum Gasteiger partial charge on any atom is -0.345 e. The molecule has 4 nitrogen and oxygen atoms in total. The molecule has 1 atom stereocenters. The highest BCUT2D eigenvalue weighted by atomic mass is 19.1. The van der Waals surface area contributed by atoms with Crippen molar-refractivity contribution in [2.45, 2.75) is 25.3 Å². The Morgan fingerprint density at radius 1 is 0.857 bits per heavy atom. The van der Waals surface area contributed by atoms with Gasteiger partial charge in [-0.25, -0.2) is 9.37 Å². The standard InChI is InChI=1S/C30H26FN3O/c1-21-10-8-17-28-32-20-27(34(21)28)26(24-15-9-16-25(31)18-24)19-29(35)33-30(22-11-4-2-5-12-22)23-13-6-3-7-14-23/h2-18,20,26,30H,19H2,1H3,(H,33,35). The molecule has 0 bridgehead atoms. The minimum atomic E-state index is -0.367. The van der Waals surface area contributed by atoms with E-state index in [9.17, 15) is 9.18 Å². The molecule has 1 N–H and O–H groups in total. The third kappa shape index (κ3) is 4.85. The van der Waals surface area contributed by atoms with Crippen molar-refractivity contribution in [1.29, 1.82) is 0 Å². The molecule has 0 aliphatic heterocycles. The summed E-state index contributed by atoms with van der Waals surface area (Å²) in [6.45, 7) is 2.00. The third-order valence-electron chi connectivity index (χ3n) is 6.32. The van der Waals surface area contributed by atoms with Gasteiger partial charge in [0.25, 0.3) is 0 Å². The van der Waals surface area contributed by atoms with Crippen LogP contribution in [0.25, 0.3) is 5.65 Å². The number of imidazole rings is 1. The summed E-state index contributed by atoms with van der Waals surface area (Å²) >= 11 is 0. The topological polar surface area (TPSA) is 46.4 Å². The van der Waals surface area contributed by atoms with Gasteiger partial charge in [-0.2, -0.15) is 0 Å². The maximum atomic E-state index is 14.2. The molecule has 0 fully saturated rings. The molecule has 5 heteroatoms. The molecule has 2 heterocycles. The number of nitrogens with zero attached hydrogens (tertiary/aromatic N) is 2. The van der Waals surface area contributed by atoms with Crippen molar-refractivity contribution in [2.75, 3.05) is 0 Å². The van der Waals surface area contributed by atoms with Gasteiger partial charge in [0.15, 0.2) is 0 Å². The Balaban J connectivity index is 1.51. The number of halogens is 1. The fraction of sp³-hybridized carbons (Fsp3) is 0.133. The van der Waals surface area contributed by atoms with Gasteiger partial charge in [0.05, 0.1) is 11.7 Å². The third-order valence-corrected chi connectivity index (χ3v) is 6.32. The molecule has 5 aromatic rings. The van der Waals surface area contributed by atoms with Crippen LogP contribution in [0.3, 0.4) is 0 Å². The van der Waals surface area contributed by atoms with Gasteiger partial charge >= 0.3 is 0 Å². The lowest BCUT2D eigenvalue weighted by molar-refractivity contribution is -0.121. The Morgan fingerprint density at radius 2 is 1.49 bits per heavy atom. The fourth-order valence-electron chi connectivity index (χ4n) is 4.65. The van der Waals surface area contributed by atoms with Crippen molar-refractivity contribution in [3.05, 3.63) is 143 Å². The number of carbonyl (C=O) groups is 1. The summed E-state index contributed by atoms with van der Waals surface area (Å²) in [5.74, 6) is -0.820. The quantitative estimate of drug-likeness (QED) is 0.312. The second-order valence-corrected chi connectivity index (χ2v) is 8.68. The van der Waals surface area contributed by atoms with Crippen LogP contribution < -0.4 is 5.32 Å². The lowest BCUT2D eigenvalue weighted by Gasteiger charge is -2.23. The van der Waals surface area contributed by atoms with Crippen molar-refractivity contribution >= 4 is 11.6 Å². The highest BCUT2D eigenvalue weighted by Crippen LogP contribution is 2.31. The molecule has 174 valence electrons. The summed E-state index contributed by atoms with van der Waals surface area (Å²) in [7, 11) is 0. The molecule has 2 aromatic heterocycles. The number of fused-ring (bicyclic) bond motifs is 1. The summed E-state index contributed by atoms with van der Waals surface area (Å²) in [5.41, 5.74) is 5.40. The molecule has 35 heavy (non-hydrogen) atoms. The number of benzene rings is 3. The number of nitrogens with one attached hydrogen (secondary N) is 1. The van der Waals surface area contributed by atoms with Crippen LogP contribution in [0.2, 0.25) is 0 Å². The van der Waals surface area contributed by atoms with Crippen LogP contribution >= 0.6 is 0 Å². The van der Waals surface area contributed by atoms with Crippen molar-refractivity contribution in [3.8, 4) is 0 Å². The number of pyridine rings is 1. The second-order valence-electron chi connectivity index (χ2n) is 8.68. The average Bonchev–Trinajstić information content (AvgIpc) is 3.32. The summed E-state index contributed by atoms with van der Waals surface area (Å²) < 4.78 is 16.3. The fourth-order valence-corrected chi connectivity index (χ4v) is 4.65. The summed E-state index contributed by atoms with van der Waals surface area (Å²) in [6.07, 6.45) is 1.94. The number of aromatic nitrogens is 2. The smallest absolute Gasteiger partial charge is 0.221 e. The van der Waals surface area contributed by atoms with E-state index in [4.69, 9.17) is 0 Å². The van der Waals surface area contributed by atoms with Crippen molar-refractivity contribution in [1.82, 2.24) is 14.7 Å². The van der Waals surface area contributed by atoms with Crippen molar-refractivity contribution < 1.29 is 9.18 Å². The monoisotopic (exact) mass is 463 g/mol. The molecule has 5 rings (SSSR count). The van der Waals surface area contributed by atoms with E-state index in [1.165, 1.54) is 12.1 Å². The van der Waals surface area contributed by atoms with Gasteiger partial charge in [-0.3, -0.25) is 4.79 Å². The zero-order valence-electron chi connectivity index (χ0n) is 19.4. The molecular weight excluding hydrogens is 437 g/mol. The van der Waals surface area contributed by atoms with Gasteiger partial charge in [-0.05, 0) is 47.9 Å². The van der Waals surface area contributed by atoms with Crippen LogP contribution in [0.4, 0.5) is 4.39 Å². The van der Waals surface area contributed by atoms with E-state index in [0.717, 1.165) is 33.7 Å². The maximum absolute atomic E-state index is 14.2. The maximum Gasteiger partial charge on any atom is 0.221 e. The molecule has 0 aliphatic rings. The van der Waals surface area contributed by atoms with Gasteiger partial charge in [-0.1, -0.05) is 78.9 Å². The lowest BCUT2D eigenvalue weighted by atomic mass is 9.91. The molecule has 0 radical (unpaired) electrons. The van der Waals surface area contributed by atoms with Crippen LogP contribution in [-0.4, -0.2) is 15.3 Å². The zero-order valence-corrected chi connectivity index (χ0v) is 19.4. The molecule has 1 amide bonds. The number of rotatable bonds is 7. The van der Waals surface area contributed by atoms with E-state index in [1.54, 1.807) is 12.3 Å². The first kappa shape index (κ1) is 22.5. The van der Waals surface area contributed by atoms with Crippen LogP contribution in [0.15, 0.2) is 109 Å². The van der Waals surface area contributed by atoms with Gasteiger partial charge in [0.2, 0.25) is 5.91 Å². The second kappa shape index (κ2) is 9.94. The Hall–Kier alpha value is -4.25. The lowest BCUT2D eigenvalue weighted by Crippen LogP contribution is -2.30. The van der Waals surface area contributed by atoms with Crippen LogP contribution in [-0.2, 0) is 4.79 Å². The number of amides is 1. The molecule has 0 aliphatic carbocycles. The first-order chi connectivity index (χ1) is 17.1. The number of hydrogen-bond donors (Lipinski definition) is 1.